The van der Waals surface area contributed by atoms with Gasteiger partial charge in [-0.25, -0.2) is 0 Å². The van der Waals surface area contributed by atoms with Gasteiger partial charge in [0.05, 0.1) is 55.9 Å². The summed E-state index contributed by atoms with van der Waals surface area (Å²) in [4.78, 5) is 15.0. The van der Waals surface area contributed by atoms with Crippen molar-refractivity contribution in [2.45, 2.75) is 38.1 Å². The second-order valence-corrected chi connectivity index (χ2v) is 10.8. The molecule has 0 unspecified atom stereocenters. The molecule has 0 aliphatic carbocycles. The molecule has 1 aromatic carbocycles. The number of alkyl halides is 3. The van der Waals surface area contributed by atoms with Crippen molar-refractivity contribution >= 4 is 22.5 Å². The van der Waals surface area contributed by atoms with E-state index in [9.17, 15) is 23.2 Å². The fraction of sp³-hybridized carbons (Fsp3) is 0.500. The zero-order valence-corrected chi connectivity index (χ0v) is 23.9. The first-order valence-electron chi connectivity index (χ1n) is 14.3. The summed E-state index contributed by atoms with van der Waals surface area (Å²) in [5.41, 5.74) is 1.53. The van der Waals surface area contributed by atoms with Gasteiger partial charge in [-0.05, 0) is 56.5 Å². The van der Waals surface area contributed by atoms with E-state index < -0.39 is 18.6 Å². The van der Waals surface area contributed by atoms with Crippen LogP contribution in [0.25, 0.3) is 10.9 Å². The van der Waals surface area contributed by atoms with Gasteiger partial charge in [0.15, 0.2) is 5.69 Å². The highest BCUT2D eigenvalue weighted by molar-refractivity contribution is 5.96. The van der Waals surface area contributed by atoms with Crippen LogP contribution in [0.5, 0.6) is 0 Å². The third-order valence-corrected chi connectivity index (χ3v) is 7.76. The van der Waals surface area contributed by atoms with Crippen LogP contribution in [0.2, 0.25) is 0 Å². The van der Waals surface area contributed by atoms with Gasteiger partial charge in [-0.2, -0.15) is 23.5 Å². The number of likely N-dealkylation sites (tertiary alicyclic amines) is 1. The van der Waals surface area contributed by atoms with Crippen molar-refractivity contribution in [3.8, 4) is 17.9 Å². The summed E-state index contributed by atoms with van der Waals surface area (Å²) in [5.74, 6) is 5.31. The van der Waals surface area contributed by atoms with Crippen LogP contribution in [0.4, 0.5) is 18.9 Å². The Hall–Kier alpha value is -4.04. The van der Waals surface area contributed by atoms with E-state index >= 15 is 0 Å². The third kappa shape index (κ3) is 7.49. The maximum atomic E-state index is 13.6. The molecular formula is C30H34F3N7O3. The number of halogens is 3. The minimum absolute atomic E-state index is 0.0834. The van der Waals surface area contributed by atoms with E-state index in [-0.39, 0.29) is 48.6 Å². The molecule has 0 spiro atoms. The average Bonchev–Trinajstić information content (AvgIpc) is 3.54. The number of anilines is 1. The van der Waals surface area contributed by atoms with Gasteiger partial charge in [0.2, 0.25) is 0 Å². The van der Waals surface area contributed by atoms with Gasteiger partial charge in [0.25, 0.3) is 5.91 Å². The lowest BCUT2D eigenvalue weighted by atomic mass is 9.89. The Morgan fingerprint density at radius 3 is 2.77 bits per heavy atom. The second kappa shape index (κ2) is 13.5. The normalized spacial score (nSPS) is 21.2. The number of nitrogens with zero attached hydrogens (tertiary/aromatic N) is 5. The second-order valence-electron chi connectivity index (χ2n) is 10.8. The van der Waals surface area contributed by atoms with Gasteiger partial charge < -0.3 is 29.6 Å². The Kier molecular flexibility index (Phi) is 9.56. The molecular weight excluding hydrogens is 563 g/mol. The van der Waals surface area contributed by atoms with E-state index in [4.69, 9.17) is 9.47 Å². The van der Waals surface area contributed by atoms with Crippen molar-refractivity contribution in [2.24, 2.45) is 5.92 Å². The van der Waals surface area contributed by atoms with Crippen molar-refractivity contribution in [1.29, 1.82) is 5.26 Å². The first kappa shape index (κ1) is 30.4. The molecule has 1 amide bonds. The van der Waals surface area contributed by atoms with Crippen LogP contribution >= 0.6 is 0 Å². The number of fused-ring (bicyclic) bond motifs is 4. The van der Waals surface area contributed by atoms with Crippen molar-refractivity contribution < 1.29 is 27.4 Å². The minimum atomic E-state index is -4.46. The van der Waals surface area contributed by atoms with E-state index in [0.29, 0.717) is 30.7 Å². The Labute approximate surface area is 247 Å². The predicted molar refractivity (Wildman–Crippen MR) is 153 cm³/mol. The number of hydrogen-bond donors (Lipinski definition) is 2. The van der Waals surface area contributed by atoms with Gasteiger partial charge in [0.1, 0.15) is 12.6 Å². The van der Waals surface area contributed by atoms with Gasteiger partial charge in [-0.15, -0.1) is 0 Å². The highest BCUT2D eigenvalue weighted by Gasteiger charge is 2.31. The number of ether oxygens (including phenoxy) is 2. The van der Waals surface area contributed by atoms with Crippen LogP contribution in [0.15, 0.2) is 30.5 Å². The fourth-order valence-electron chi connectivity index (χ4n) is 5.66. The van der Waals surface area contributed by atoms with E-state index in [1.54, 1.807) is 18.2 Å². The Bertz CT molecular complexity index is 1550. The lowest BCUT2D eigenvalue weighted by molar-refractivity contribution is -0.140. The lowest BCUT2D eigenvalue weighted by Crippen LogP contribution is -2.45. The summed E-state index contributed by atoms with van der Waals surface area (Å²) >= 11 is 0. The van der Waals surface area contributed by atoms with Gasteiger partial charge >= 0.3 is 6.18 Å². The molecule has 13 heteroatoms. The standard InChI is InChI=1S/C30H34F3N7O3/c1-38-10-7-25-21(19-38)8-12-42-14-15-43-13-11-40-28(17-34)24(18-36-40)29(41)35-9-3-4-22-16-23-26(37-25)5-2-6-27(23)39(22)20-30(31,32)33/h2,5-6,16,18,21,25,37H,7-15,19-20H2,1H3,(H,35,41)/t21-,25-/m0/s1. The van der Waals surface area contributed by atoms with Crippen LogP contribution in [0.1, 0.15) is 34.6 Å². The number of piperidine rings is 1. The number of benzene rings is 1. The van der Waals surface area contributed by atoms with Crippen molar-refractivity contribution in [1.82, 2.24) is 24.6 Å². The summed E-state index contributed by atoms with van der Waals surface area (Å²) in [6.07, 6.45) is -1.46. The lowest BCUT2D eigenvalue weighted by Gasteiger charge is -2.38. The first-order valence-corrected chi connectivity index (χ1v) is 14.3. The molecule has 2 N–H and O–H groups in total. The Balaban J connectivity index is 1.47. The number of nitrogens with one attached hydrogen (secondary N) is 2. The number of carbonyl (C=O) groups is 1. The van der Waals surface area contributed by atoms with E-state index in [1.165, 1.54) is 10.9 Å². The summed E-state index contributed by atoms with van der Waals surface area (Å²) in [5, 5.41) is 20.6. The van der Waals surface area contributed by atoms with Crippen LogP contribution in [0, 0.1) is 29.1 Å². The molecule has 5 rings (SSSR count). The molecule has 2 aromatic heterocycles. The molecule has 4 bridgehead atoms. The van der Waals surface area contributed by atoms with Crippen LogP contribution < -0.4 is 10.6 Å². The zero-order valence-electron chi connectivity index (χ0n) is 23.9. The molecule has 228 valence electrons. The molecule has 0 radical (unpaired) electrons. The number of rotatable bonds is 1. The van der Waals surface area contributed by atoms with Crippen molar-refractivity contribution in [3.63, 3.8) is 0 Å². The molecule has 4 heterocycles. The van der Waals surface area contributed by atoms with Crippen molar-refractivity contribution in [2.75, 3.05) is 58.4 Å². The third-order valence-electron chi connectivity index (χ3n) is 7.76. The summed E-state index contributed by atoms with van der Waals surface area (Å²) < 4.78 is 55.0. The quantitative estimate of drug-likeness (QED) is 0.415. The molecule has 0 saturated carbocycles. The van der Waals surface area contributed by atoms with E-state index in [2.05, 4.69) is 39.5 Å². The maximum absolute atomic E-state index is 13.6. The number of amides is 1. The highest BCUT2D eigenvalue weighted by atomic mass is 19.4. The molecule has 43 heavy (non-hydrogen) atoms. The molecule has 2 aliphatic heterocycles. The van der Waals surface area contributed by atoms with Crippen LogP contribution in [-0.2, 0) is 22.6 Å². The molecule has 2 atom stereocenters. The number of hydrogen-bond acceptors (Lipinski definition) is 7. The fourth-order valence-corrected chi connectivity index (χ4v) is 5.66. The average molecular weight is 598 g/mol. The van der Waals surface area contributed by atoms with Crippen LogP contribution in [-0.4, -0.2) is 90.5 Å². The minimum Gasteiger partial charge on any atom is -0.381 e. The van der Waals surface area contributed by atoms with Crippen molar-refractivity contribution in [3.05, 3.63) is 47.4 Å². The maximum Gasteiger partial charge on any atom is 0.406 e. The predicted octanol–water partition coefficient (Wildman–Crippen LogP) is 3.22. The molecule has 3 aromatic rings. The summed E-state index contributed by atoms with van der Waals surface area (Å²) in [6.45, 7) is 2.35. The van der Waals surface area contributed by atoms with Gasteiger partial charge in [-0.1, -0.05) is 12.0 Å². The van der Waals surface area contributed by atoms with E-state index in [1.807, 2.05) is 12.1 Å². The van der Waals surface area contributed by atoms with Crippen LogP contribution in [0.3, 0.4) is 0 Å². The zero-order chi connectivity index (χ0) is 30.4. The number of nitriles is 1. The molecule has 10 nitrogen and oxygen atoms in total. The molecule has 2 aliphatic rings. The van der Waals surface area contributed by atoms with E-state index in [0.717, 1.165) is 36.2 Å². The number of aromatic nitrogens is 3. The van der Waals surface area contributed by atoms with Gasteiger partial charge in [0, 0.05) is 30.3 Å². The SMILES string of the molecule is CN1CC[C@@H]2Nc3cccc4c3cc(n4CC(F)(F)F)C#CCNC(=O)c3cnn(c3C#N)CCOCCOCC[C@H]2C1. The molecule has 1 fully saturated rings. The largest absolute Gasteiger partial charge is 0.406 e. The Morgan fingerprint density at radius 2 is 1.98 bits per heavy atom. The van der Waals surface area contributed by atoms with Gasteiger partial charge in [-0.3, -0.25) is 9.48 Å². The monoisotopic (exact) mass is 597 g/mol. The Morgan fingerprint density at radius 1 is 1.16 bits per heavy atom. The molecule has 1 saturated heterocycles. The topological polar surface area (TPSA) is 109 Å². The summed E-state index contributed by atoms with van der Waals surface area (Å²) in [7, 11) is 2.08. The smallest absolute Gasteiger partial charge is 0.381 e. The first-order chi connectivity index (χ1) is 20.7. The highest BCUT2D eigenvalue weighted by Crippen LogP contribution is 2.32. The summed E-state index contributed by atoms with van der Waals surface area (Å²) in [6, 6.07) is 9.08. The number of carbonyl (C=O) groups excluding carboxylic acids is 1.